The Morgan fingerprint density at radius 2 is 2.05 bits per heavy atom. The number of hydrazine groups is 1. The van der Waals surface area contributed by atoms with Crippen LogP contribution in [0.25, 0.3) is 0 Å². The number of nitrogens with one attached hydrogen (secondary N) is 1. The first kappa shape index (κ1) is 15.2. The summed E-state index contributed by atoms with van der Waals surface area (Å²) in [7, 11) is 0. The summed E-state index contributed by atoms with van der Waals surface area (Å²) in [6.07, 6.45) is 6.74. The van der Waals surface area contributed by atoms with Crippen molar-refractivity contribution in [3.8, 4) is 5.75 Å². The fraction of sp³-hybridized carbons (Fsp3) is 0.647. The number of nitrogens with two attached hydrogens (primary N) is 1. The zero-order valence-electron chi connectivity index (χ0n) is 12.8. The summed E-state index contributed by atoms with van der Waals surface area (Å²) < 4.78 is 6.23. The van der Waals surface area contributed by atoms with Gasteiger partial charge >= 0.3 is 0 Å². The summed E-state index contributed by atoms with van der Waals surface area (Å²) in [6.45, 7) is 2.31. The first-order valence-electron chi connectivity index (χ1n) is 8.16. The number of benzene rings is 1. The van der Waals surface area contributed by atoms with Crippen molar-refractivity contribution in [2.75, 3.05) is 5.75 Å². The second-order valence-electron chi connectivity index (χ2n) is 6.30. The maximum absolute atomic E-state index is 6.23. The van der Waals surface area contributed by atoms with Gasteiger partial charge in [-0.05, 0) is 36.8 Å². The van der Waals surface area contributed by atoms with Crippen LogP contribution in [0.15, 0.2) is 29.2 Å². The fourth-order valence-corrected chi connectivity index (χ4v) is 4.77. The topological polar surface area (TPSA) is 47.3 Å². The van der Waals surface area contributed by atoms with E-state index in [1.165, 1.54) is 37.0 Å². The molecule has 1 fully saturated rings. The lowest BCUT2D eigenvalue weighted by Gasteiger charge is -2.39. The van der Waals surface area contributed by atoms with Gasteiger partial charge in [-0.1, -0.05) is 38.3 Å². The highest BCUT2D eigenvalue weighted by atomic mass is 32.2. The van der Waals surface area contributed by atoms with Crippen LogP contribution in [0.4, 0.5) is 0 Å². The Balaban J connectivity index is 1.65. The standard InChI is InChI=1S/C17H26N2OS/c1-2-12-7-9-13(10-8-12)17(19-18)15-11-21-16-6-4-3-5-14(16)20-15/h3-6,12-13,15,17,19H,2,7-11,18H2,1H3. The number of thioether (sulfide) groups is 1. The van der Waals surface area contributed by atoms with Crippen molar-refractivity contribution in [2.24, 2.45) is 17.7 Å². The molecule has 0 amide bonds. The third kappa shape index (κ3) is 3.38. The van der Waals surface area contributed by atoms with Gasteiger partial charge < -0.3 is 4.74 Å². The normalized spacial score (nSPS) is 30.3. The predicted molar refractivity (Wildman–Crippen MR) is 88.4 cm³/mol. The Hall–Kier alpha value is -0.710. The molecule has 1 saturated carbocycles. The molecule has 21 heavy (non-hydrogen) atoms. The van der Waals surface area contributed by atoms with Crippen LogP contribution in [-0.2, 0) is 0 Å². The van der Waals surface area contributed by atoms with Gasteiger partial charge in [-0.2, -0.15) is 0 Å². The van der Waals surface area contributed by atoms with Gasteiger partial charge in [0, 0.05) is 10.6 Å². The van der Waals surface area contributed by atoms with Gasteiger partial charge in [-0.3, -0.25) is 11.3 Å². The second kappa shape index (κ2) is 7.03. The molecule has 1 aliphatic heterocycles. The van der Waals surface area contributed by atoms with Crippen molar-refractivity contribution in [2.45, 2.75) is 56.1 Å². The summed E-state index contributed by atoms with van der Waals surface area (Å²) in [5.41, 5.74) is 3.07. The number of ether oxygens (including phenoxy) is 1. The minimum absolute atomic E-state index is 0.179. The molecule has 2 atom stereocenters. The first-order chi connectivity index (χ1) is 10.3. The van der Waals surface area contributed by atoms with E-state index in [-0.39, 0.29) is 12.1 Å². The van der Waals surface area contributed by atoms with Gasteiger partial charge in [0.15, 0.2) is 0 Å². The van der Waals surface area contributed by atoms with Crippen molar-refractivity contribution in [1.29, 1.82) is 0 Å². The van der Waals surface area contributed by atoms with Crippen LogP contribution in [0.5, 0.6) is 5.75 Å². The maximum atomic E-state index is 6.23. The highest BCUT2D eigenvalue weighted by Crippen LogP contribution is 2.39. The van der Waals surface area contributed by atoms with Crippen LogP contribution < -0.4 is 16.0 Å². The Morgan fingerprint density at radius 3 is 2.76 bits per heavy atom. The molecule has 1 aromatic rings. The van der Waals surface area contributed by atoms with E-state index in [9.17, 15) is 0 Å². The molecule has 1 aromatic carbocycles. The molecule has 3 N–H and O–H groups in total. The number of para-hydroxylation sites is 1. The SMILES string of the molecule is CCC1CCC(C(NN)C2CSc3ccccc3O2)CC1. The minimum atomic E-state index is 0.179. The van der Waals surface area contributed by atoms with Gasteiger partial charge in [0.05, 0.1) is 6.04 Å². The molecule has 0 bridgehead atoms. The summed E-state index contributed by atoms with van der Waals surface area (Å²) in [4.78, 5) is 1.25. The highest BCUT2D eigenvalue weighted by Gasteiger charge is 2.35. The van der Waals surface area contributed by atoms with E-state index in [0.717, 1.165) is 17.4 Å². The molecule has 0 saturated heterocycles. The number of fused-ring (bicyclic) bond motifs is 1. The van der Waals surface area contributed by atoms with Gasteiger partial charge in [-0.25, -0.2) is 0 Å². The average molecular weight is 306 g/mol. The van der Waals surface area contributed by atoms with Crippen LogP contribution in [0.2, 0.25) is 0 Å². The largest absolute Gasteiger partial charge is 0.487 e. The van der Waals surface area contributed by atoms with Crippen LogP contribution in [0.1, 0.15) is 39.0 Å². The van der Waals surface area contributed by atoms with Crippen LogP contribution in [0, 0.1) is 11.8 Å². The predicted octanol–water partition coefficient (Wildman–Crippen LogP) is 3.59. The molecule has 1 heterocycles. The third-order valence-corrected chi connectivity index (χ3v) is 6.24. The van der Waals surface area contributed by atoms with Gasteiger partial charge in [-0.15, -0.1) is 11.8 Å². The van der Waals surface area contributed by atoms with Gasteiger partial charge in [0.1, 0.15) is 11.9 Å². The zero-order chi connectivity index (χ0) is 14.7. The number of rotatable bonds is 4. The Labute approximate surface area is 132 Å². The third-order valence-electron chi connectivity index (χ3n) is 5.10. The molecule has 2 unspecified atom stereocenters. The number of hydrogen-bond acceptors (Lipinski definition) is 4. The van der Waals surface area contributed by atoms with Crippen molar-refractivity contribution in [3.63, 3.8) is 0 Å². The van der Waals surface area contributed by atoms with Gasteiger partial charge in [0.2, 0.25) is 0 Å². The van der Waals surface area contributed by atoms with Crippen molar-refractivity contribution < 1.29 is 4.74 Å². The van der Waals surface area contributed by atoms with E-state index in [1.54, 1.807) is 0 Å². The van der Waals surface area contributed by atoms with Crippen LogP contribution in [-0.4, -0.2) is 17.9 Å². The van der Waals surface area contributed by atoms with E-state index in [4.69, 9.17) is 10.6 Å². The van der Waals surface area contributed by atoms with E-state index in [0.29, 0.717) is 5.92 Å². The molecular formula is C17H26N2OS. The Kier molecular flexibility index (Phi) is 5.09. The second-order valence-corrected chi connectivity index (χ2v) is 7.36. The van der Waals surface area contributed by atoms with Crippen molar-refractivity contribution in [1.82, 2.24) is 5.43 Å². The van der Waals surface area contributed by atoms with Crippen molar-refractivity contribution >= 4 is 11.8 Å². The Morgan fingerprint density at radius 1 is 1.29 bits per heavy atom. The molecule has 116 valence electrons. The van der Waals surface area contributed by atoms with E-state index < -0.39 is 0 Å². The first-order valence-corrected chi connectivity index (χ1v) is 9.15. The van der Waals surface area contributed by atoms with E-state index >= 15 is 0 Å². The lowest BCUT2D eigenvalue weighted by Crippen LogP contribution is -2.53. The monoisotopic (exact) mass is 306 g/mol. The van der Waals surface area contributed by atoms with Gasteiger partial charge in [0.25, 0.3) is 0 Å². The Bertz CT molecular complexity index is 460. The number of hydrogen-bond donors (Lipinski definition) is 2. The molecular weight excluding hydrogens is 280 g/mol. The molecule has 0 radical (unpaired) electrons. The van der Waals surface area contributed by atoms with Crippen molar-refractivity contribution in [3.05, 3.63) is 24.3 Å². The molecule has 3 rings (SSSR count). The van der Waals surface area contributed by atoms with Crippen LogP contribution in [0.3, 0.4) is 0 Å². The highest BCUT2D eigenvalue weighted by molar-refractivity contribution is 7.99. The summed E-state index contributed by atoms with van der Waals surface area (Å²) >= 11 is 1.89. The van der Waals surface area contributed by atoms with E-state index in [1.807, 2.05) is 17.8 Å². The quantitative estimate of drug-likeness (QED) is 0.659. The minimum Gasteiger partial charge on any atom is -0.487 e. The summed E-state index contributed by atoms with van der Waals surface area (Å²) in [6, 6.07) is 8.58. The maximum Gasteiger partial charge on any atom is 0.133 e. The molecule has 1 aliphatic carbocycles. The lowest BCUT2D eigenvalue weighted by molar-refractivity contribution is 0.105. The lowest BCUT2D eigenvalue weighted by atomic mass is 9.76. The van der Waals surface area contributed by atoms with E-state index in [2.05, 4.69) is 30.5 Å². The molecule has 4 heteroatoms. The molecule has 2 aliphatic rings. The molecule has 0 spiro atoms. The van der Waals surface area contributed by atoms with Crippen LogP contribution >= 0.6 is 11.8 Å². The summed E-state index contributed by atoms with van der Waals surface area (Å²) in [5.74, 6) is 9.45. The average Bonchev–Trinajstić information content (AvgIpc) is 2.56. The zero-order valence-corrected chi connectivity index (χ0v) is 13.6. The fourth-order valence-electron chi connectivity index (χ4n) is 3.72. The molecule has 0 aromatic heterocycles. The molecule has 3 nitrogen and oxygen atoms in total. The summed E-state index contributed by atoms with van der Waals surface area (Å²) in [5, 5.41) is 0. The smallest absolute Gasteiger partial charge is 0.133 e.